The Morgan fingerprint density at radius 1 is 1.26 bits per heavy atom. The molecule has 1 N–H and O–H groups in total. The van der Waals surface area contributed by atoms with Crippen molar-refractivity contribution >= 4 is 17.9 Å². The lowest BCUT2D eigenvalue weighted by atomic mass is 10.2. The van der Waals surface area contributed by atoms with Gasteiger partial charge in [-0.3, -0.25) is 4.79 Å². The van der Waals surface area contributed by atoms with Crippen molar-refractivity contribution in [3.8, 4) is 0 Å². The maximum Gasteiger partial charge on any atom is 0.331 e. The summed E-state index contributed by atoms with van der Waals surface area (Å²) in [5, 5.41) is 8.61. The summed E-state index contributed by atoms with van der Waals surface area (Å²) in [5.74, 6) is -2.39. The van der Waals surface area contributed by atoms with Crippen molar-refractivity contribution in [2.24, 2.45) is 0 Å². The molecular formula is C13H20O6. The minimum absolute atomic E-state index is 0.0256. The highest BCUT2D eigenvalue weighted by molar-refractivity contribution is 5.94. The molecule has 1 atom stereocenters. The SMILES string of the molecule is CCCOC(=O)CC(CC)OC(=O)/C=C(/C)C(=O)O. The van der Waals surface area contributed by atoms with Gasteiger partial charge in [-0.1, -0.05) is 13.8 Å². The molecule has 0 heterocycles. The van der Waals surface area contributed by atoms with E-state index in [1.807, 2.05) is 6.92 Å². The summed E-state index contributed by atoms with van der Waals surface area (Å²) in [6, 6.07) is 0. The van der Waals surface area contributed by atoms with E-state index in [4.69, 9.17) is 14.6 Å². The van der Waals surface area contributed by atoms with Gasteiger partial charge in [-0.2, -0.15) is 0 Å². The zero-order valence-corrected chi connectivity index (χ0v) is 11.5. The second-order valence-electron chi connectivity index (χ2n) is 4.02. The van der Waals surface area contributed by atoms with Crippen LogP contribution in [0.1, 0.15) is 40.0 Å². The van der Waals surface area contributed by atoms with E-state index in [2.05, 4.69) is 0 Å². The number of carboxylic acids is 1. The Balaban J connectivity index is 4.33. The zero-order valence-electron chi connectivity index (χ0n) is 11.5. The van der Waals surface area contributed by atoms with Gasteiger partial charge in [0.25, 0.3) is 0 Å². The molecule has 0 saturated carbocycles. The normalized spacial score (nSPS) is 12.7. The van der Waals surface area contributed by atoms with Crippen molar-refractivity contribution in [3.63, 3.8) is 0 Å². The monoisotopic (exact) mass is 272 g/mol. The smallest absolute Gasteiger partial charge is 0.331 e. The van der Waals surface area contributed by atoms with Crippen molar-refractivity contribution < 1.29 is 29.0 Å². The van der Waals surface area contributed by atoms with Gasteiger partial charge in [-0.15, -0.1) is 0 Å². The van der Waals surface area contributed by atoms with Crippen LogP contribution >= 0.6 is 0 Å². The first-order chi connectivity index (χ1) is 8.90. The highest BCUT2D eigenvalue weighted by atomic mass is 16.6. The molecule has 0 amide bonds. The second kappa shape index (κ2) is 9.13. The molecule has 0 fully saturated rings. The van der Waals surface area contributed by atoms with E-state index in [0.717, 1.165) is 12.5 Å². The summed E-state index contributed by atoms with van der Waals surface area (Å²) in [5.41, 5.74) is -0.117. The van der Waals surface area contributed by atoms with Gasteiger partial charge in [0.05, 0.1) is 13.0 Å². The number of hydrogen-bond acceptors (Lipinski definition) is 5. The van der Waals surface area contributed by atoms with E-state index >= 15 is 0 Å². The van der Waals surface area contributed by atoms with Crippen molar-refractivity contribution in [1.29, 1.82) is 0 Å². The topological polar surface area (TPSA) is 89.9 Å². The van der Waals surface area contributed by atoms with E-state index in [0.29, 0.717) is 13.0 Å². The van der Waals surface area contributed by atoms with Crippen LogP contribution < -0.4 is 0 Å². The Kier molecular flexibility index (Phi) is 8.24. The zero-order chi connectivity index (χ0) is 14.8. The lowest BCUT2D eigenvalue weighted by Gasteiger charge is -2.14. The van der Waals surface area contributed by atoms with Crippen LogP contribution in [0.25, 0.3) is 0 Å². The van der Waals surface area contributed by atoms with Crippen molar-refractivity contribution in [1.82, 2.24) is 0 Å². The molecule has 0 aromatic heterocycles. The highest BCUT2D eigenvalue weighted by Crippen LogP contribution is 2.07. The molecule has 0 radical (unpaired) electrons. The van der Waals surface area contributed by atoms with Crippen molar-refractivity contribution in [3.05, 3.63) is 11.6 Å². The summed E-state index contributed by atoms with van der Waals surface area (Å²) in [6.07, 6.45) is 1.44. The molecule has 0 aliphatic heterocycles. The molecule has 0 aromatic carbocycles. The van der Waals surface area contributed by atoms with Crippen LogP contribution in [0.15, 0.2) is 11.6 Å². The number of rotatable bonds is 8. The average molecular weight is 272 g/mol. The van der Waals surface area contributed by atoms with Gasteiger partial charge in [-0.05, 0) is 19.8 Å². The molecule has 0 saturated heterocycles. The standard InChI is InChI=1S/C13H20O6/c1-4-6-18-11(14)8-10(5-2)19-12(15)7-9(3)13(16)17/h7,10H,4-6,8H2,1-3H3,(H,16,17)/b9-7-. The molecule has 6 heteroatoms. The predicted molar refractivity (Wildman–Crippen MR) is 67.4 cm³/mol. The fraction of sp³-hybridized carbons (Fsp3) is 0.615. The molecule has 0 aliphatic carbocycles. The van der Waals surface area contributed by atoms with Crippen LogP contribution in [0.5, 0.6) is 0 Å². The molecule has 6 nitrogen and oxygen atoms in total. The largest absolute Gasteiger partial charge is 0.478 e. The number of ether oxygens (including phenoxy) is 2. The van der Waals surface area contributed by atoms with Gasteiger partial charge in [0, 0.05) is 11.6 Å². The molecule has 19 heavy (non-hydrogen) atoms. The van der Waals surface area contributed by atoms with E-state index in [1.54, 1.807) is 6.92 Å². The summed E-state index contributed by atoms with van der Waals surface area (Å²) >= 11 is 0. The van der Waals surface area contributed by atoms with Gasteiger partial charge in [0.1, 0.15) is 6.10 Å². The third-order valence-corrected chi connectivity index (χ3v) is 2.27. The van der Waals surface area contributed by atoms with Gasteiger partial charge in [0.2, 0.25) is 0 Å². The highest BCUT2D eigenvalue weighted by Gasteiger charge is 2.17. The number of carbonyl (C=O) groups excluding carboxylic acids is 2. The molecule has 1 unspecified atom stereocenters. The minimum Gasteiger partial charge on any atom is -0.478 e. The molecule has 0 rings (SSSR count). The second-order valence-corrected chi connectivity index (χ2v) is 4.02. The fourth-order valence-electron chi connectivity index (χ4n) is 1.17. The summed E-state index contributed by atoms with van der Waals surface area (Å²) in [7, 11) is 0. The Hall–Kier alpha value is -1.85. The van der Waals surface area contributed by atoms with Crippen molar-refractivity contribution in [2.45, 2.75) is 46.1 Å². The van der Waals surface area contributed by atoms with E-state index < -0.39 is 24.0 Å². The molecule has 0 aromatic rings. The van der Waals surface area contributed by atoms with Gasteiger partial charge < -0.3 is 14.6 Å². The van der Waals surface area contributed by atoms with Crippen LogP contribution in [-0.4, -0.2) is 35.7 Å². The van der Waals surface area contributed by atoms with E-state index in [9.17, 15) is 14.4 Å². The fourth-order valence-corrected chi connectivity index (χ4v) is 1.17. The predicted octanol–water partition coefficient (Wildman–Crippen LogP) is 1.68. The number of carboxylic acid groups (broad SMARTS) is 1. The molecule has 0 bridgehead atoms. The lowest BCUT2D eigenvalue weighted by molar-refractivity contribution is -0.152. The maximum atomic E-state index is 11.4. The molecule has 0 aliphatic rings. The van der Waals surface area contributed by atoms with Crippen molar-refractivity contribution in [2.75, 3.05) is 6.61 Å². The van der Waals surface area contributed by atoms with Gasteiger partial charge in [-0.25, -0.2) is 9.59 Å². The van der Waals surface area contributed by atoms with E-state index in [-0.39, 0.29) is 12.0 Å². The first kappa shape index (κ1) is 17.2. The van der Waals surface area contributed by atoms with Gasteiger partial charge >= 0.3 is 17.9 Å². The van der Waals surface area contributed by atoms with Crippen LogP contribution in [0.2, 0.25) is 0 Å². The minimum atomic E-state index is -1.19. The summed E-state index contributed by atoms with van der Waals surface area (Å²) in [4.78, 5) is 33.3. The van der Waals surface area contributed by atoms with Gasteiger partial charge in [0.15, 0.2) is 0 Å². The average Bonchev–Trinajstić information content (AvgIpc) is 2.35. The number of carbonyl (C=O) groups is 3. The molecule has 0 spiro atoms. The maximum absolute atomic E-state index is 11.4. The quantitative estimate of drug-likeness (QED) is 0.534. The first-order valence-electron chi connectivity index (χ1n) is 6.18. The Labute approximate surface area is 112 Å². The number of aliphatic carboxylic acids is 1. The van der Waals surface area contributed by atoms with E-state index in [1.165, 1.54) is 6.92 Å². The van der Waals surface area contributed by atoms with Crippen LogP contribution in [0.4, 0.5) is 0 Å². The first-order valence-corrected chi connectivity index (χ1v) is 6.18. The van der Waals surface area contributed by atoms with Crippen LogP contribution in [0.3, 0.4) is 0 Å². The number of hydrogen-bond donors (Lipinski definition) is 1. The van der Waals surface area contributed by atoms with Crippen LogP contribution in [-0.2, 0) is 23.9 Å². The Morgan fingerprint density at radius 3 is 2.37 bits per heavy atom. The summed E-state index contributed by atoms with van der Waals surface area (Å²) in [6.45, 7) is 5.27. The Bertz CT molecular complexity index is 358. The van der Waals surface area contributed by atoms with Crippen LogP contribution in [0, 0.1) is 0 Å². The third kappa shape index (κ3) is 7.96. The molecular weight excluding hydrogens is 252 g/mol. The summed E-state index contributed by atoms with van der Waals surface area (Å²) < 4.78 is 9.88. The third-order valence-electron chi connectivity index (χ3n) is 2.27. The lowest BCUT2D eigenvalue weighted by Crippen LogP contribution is -2.22. The Morgan fingerprint density at radius 2 is 1.89 bits per heavy atom. The molecule has 108 valence electrons. The number of esters is 2.